The van der Waals surface area contributed by atoms with Gasteiger partial charge in [0.15, 0.2) is 5.17 Å². The fourth-order valence-electron chi connectivity index (χ4n) is 2.55. The maximum absolute atomic E-state index is 12.3. The minimum absolute atomic E-state index is 0.307. The highest BCUT2D eigenvalue weighted by molar-refractivity contribution is 8.14. The topological polar surface area (TPSA) is 78.8 Å². The Hall–Kier alpha value is -1.76. The van der Waals surface area contributed by atoms with Crippen LogP contribution in [-0.2, 0) is 4.74 Å². The summed E-state index contributed by atoms with van der Waals surface area (Å²) in [6, 6.07) is 0. The molecule has 2 rings (SSSR count). The molecule has 1 aliphatic rings. The van der Waals surface area contributed by atoms with Crippen LogP contribution in [0.3, 0.4) is 0 Å². The van der Waals surface area contributed by atoms with Crippen molar-refractivity contribution in [1.82, 2.24) is 10.4 Å². The third kappa shape index (κ3) is 4.41. The first kappa shape index (κ1) is 18.6. The summed E-state index contributed by atoms with van der Waals surface area (Å²) in [7, 11) is 0. The van der Waals surface area contributed by atoms with Gasteiger partial charge in [-0.3, -0.25) is 10.4 Å². The number of H-pyrrole nitrogens is 1. The number of esters is 1. The van der Waals surface area contributed by atoms with Crippen LogP contribution in [0.15, 0.2) is 10.1 Å². The third-order valence-electron chi connectivity index (χ3n) is 3.74. The van der Waals surface area contributed by atoms with E-state index in [0.29, 0.717) is 23.8 Å². The van der Waals surface area contributed by atoms with E-state index in [4.69, 9.17) is 4.74 Å². The Labute approximate surface area is 147 Å². The fourth-order valence-corrected chi connectivity index (χ4v) is 3.33. The van der Waals surface area contributed by atoms with E-state index in [-0.39, 0.29) is 5.97 Å². The average Bonchev–Trinajstić information content (AvgIpc) is 2.82. The number of nitrogens with one attached hydrogen (secondary N) is 2. The van der Waals surface area contributed by atoms with E-state index < -0.39 is 0 Å². The molecule has 0 saturated carbocycles. The van der Waals surface area contributed by atoms with Gasteiger partial charge in [-0.1, -0.05) is 25.6 Å². The Kier molecular flexibility index (Phi) is 6.48. The summed E-state index contributed by atoms with van der Waals surface area (Å²) in [6.07, 6.45) is 1.06. The molecule has 0 spiro atoms. The Bertz CT molecular complexity index is 662. The lowest BCUT2D eigenvalue weighted by molar-refractivity contribution is 0.0525. The first-order valence-electron chi connectivity index (χ1n) is 8.30. The maximum Gasteiger partial charge on any atom is 0.340 e. The van der Waals surface area contributed by atoms with E-state index in [1.807, 2.05) is 20.8 Å². The van der Waals surface area contributed by atoms with Gasteiger partial charge in [0.2, 0.25) is 0 Å². The van der Waals surface area contributed by atoms with Gasteiger partial charge in [0.05, 0.1) is 17.9 Å². The third-order valence-corrected chi connectivity index (χ3v) is 4.65. The molecule has 6 nitrogen and oxygen atoms in total. The molecule has 24 heavy (non-hydrogen) atoms. The predicted molar refractivity (Wildman–Crippen MR) is 100 cm³/mol. The van der Waals surface area contributed by atoms with Crippen molar-refractivity contribution in [2.75, 3.05) is 18.9 Å². The number of hydrogen-bond acceptors (Lipinski definition) is 5. The Morgan fingerprint density at radius 1 is 1.38 bits per heavy atom. The number of aliphatic imine (C=N–C) groups is 1. The van der Waals surface area contributed by atoms with Crippen molar-refractivity contribution in [2.45, 2.75) is 41.0 Å². The molecule has 0 atom stereocenters. The number of ether oxygens (including phenoxy) is 1. The van der Waals surface area contributed by atoms with Gasteiger partial charge in [-0.05, 0) is 33.1 Å². The molecule has 0 aliphatic carbocycles. The maximum atomic E-state index is 12.3. The average molecular weight is 350 g/mol. The lowest BCUT2D eigenvalue weighted by atomic mass is 10.1. The molecule has 0 amide bonds. The van der Waals surface area contributed by atoms with Gasteiger partial charge in [-0.2, -0.15) is 5.10 Å². The van der Waals surface area contributed by atoms with Crippen molar-refractivity contribution in [3.8, 4) is 0 Å². The smallest absolute Gasteiger partial charge is 0.340 e. The molecule has 0 bridgehead atoms. The first-order valence-corrected chi connectivity index (χ1v) is 9.29. The van der Waals surface area contributed by atoms with Crippen molar-refractivity contribution in [3.63, 3.8) is 0 Å². The van der Waals surface area contributed by atoms with Crippen molar-refractivity contribution in [2.24, 2.45) is 16.0 Å². The molecule has 0 unspecified atom stereocenters. The lowest BCUT2D eigenvalue weighted by Crippen LogP contribution is -2.27. The summed E-state index contributed by atoms with van der Waals surface area (Å²) in [6.45, 7) is 11.2. The number of aryl methyl sites for hydroxylation is 2. The molecular formula is C17H26N4O2S. The summed E-state index contributed by atoms with van der Waals surface area (Å²) in [5, 5.41) is 5.28. The van der Waals surface area contributed by atoms with Crippen LogP contribution >= 0.6 is 11.8 Å². The van der Waals surface area contributed by atoms with Gasteiger partial charge >= 0.3 is 5.97 Å². The minimum atomic E-state index is -0.307. The highest BCUT2D eigenvalue weighted by atomic mass is 32.2. The standard InChI is InChI=1S/C17H26N4O2S/c1-6-23-16(22)15-12(5)19-11(4)14(15)13-9-24-17(21-20-13)18-8-7-10(2)3/h10,19H,6-9H2,1-5H3,(H,18,21). The largest absolute Gasteiger partial charge is 0.462 e. The Morgan fingerprint density at radius 2 is 2.12 bits per heavy atom. The molecule has 0 radical (unpaired) electrons. The zero-order valence-corrected chi connectivity index (χ0v) is 15.8. The van der Waals surface area contributed by atoms with Crippen LogP contribution in [0.25, 0.3) is 0 Å². The van der Waals surface area contributed by atoms with Crippen molar-refractivity contribution in [3.05, 3.63) is 22.5 Å². The second kappa shape index (κ2) is 8.37. The van der Waals surface area contributed by atoms with Gasteiger partial charge in [0, 0.05) is 29.2 Å². The molecule has 132 valence electrons. The van der Waals surface area contributed by atoms with Crippen LogP contribution in [0, 0.1) is 19.8 Å². The van der Waals surface area contributed by atoms with Crippen LogP contribution in [0.5, 0.6) is 0 Å². The van der Waals surface area contributed by atoms with Crippen molar-refractivity contribution >= 4 is 28.6 Å². The number of thioether (sulfide) groups is 1. The van der Waals surface area contributed by atoms with E-state index in [1.165, 1.54) is 0 Å². The molecule has 1 aromatic heterocycles. The summed E-state index contributed by atoms with van der Waals surface area (Å²) in [5.41, 5.74) is 7.01. The molecular weight excluding hydrogens is 324 g/mol. The number of nitrogens with zero attached hydrogens (tertiary/aromatic N) is 2. The minimum Gasteiger partial charge on any atom is -0.462 e. The SMILES string of the molecule is CCOC(=O)c1c(C)[nH]c(C)c1C1=NNC(=NCCC(C)C)SC1. The van der Waals surface area contributed by atoms with E-state index in [0.717, 1.165) is 40.8 Å². The van der Waals surface area contributed by atoms with Gasteiger partial charge in [-0.25, -0.2) is 4.79 Å². The Balaban J connectivity index is 2.19. The van der Waals surface area contributed by atoms with Gasteiger partial charge in [0.25, 0.3) is 0 Å². The fraction of sp³-hybridized carbons (Fsp3) is 0.588. The second-order valence-electron chi connectivity index (χ2n) is 6.17. The second-order valence-corrected chi connectivity index (χ2v) is 7.14. The van der Waals surface area contributed by atoms with Crippen LogP contribution < -0.4 is 5.43 Å². The van der Waals surface area contributed by atoms with Crippen LogP contribution in [0.1, 0.15) is 54.5 Å². The molecule has 1 aromatic rings. The Morgan fingerprint density at radius 3 is 2.71 bits per heavy atom. The van der Waals surface area contributed by atoms with Crippen molar-refractivity contribution in [1.29, 1.82) is 0 Å². The number of amidine groups is 1. The van der Waals surface area contributed by atoms with Crippen LogP contribution in [-0.4, -0.2) is 40.7 Å². The molecule has 0 saturated heterocycles. The molecule has 7 heteroatoms. The zero-order valence-electron chi connectivity index (χ0n) is 15.0. The highest BCUT2D eigenvalue weighted by Gasteiger charge is 2.25. The lowest BCUT2D eigenvalue weighted by Gasteiger charge is -2.16. The number of rotatable bonds is 6. The van der Waals surface area contributed by atoms with Crippen LogP contribution in [0.2, 0.25) is 0 Å². The van der Waals surface area contributed by atoms with E-state index >= 15 is 0 Å². The number of aromatic nitrogens is 1. The normalized spacial score (nSPS) is 16.2. The molecule has 0 aromatic carbocycles. The highest BCUT2D eigenvalue weighted by Crippen LogP contribution is 2.24. The number of aromatic amines is 1. The quantitative estimate of drug-likeness (QED) is 0.772. The van der Waals surface area contributed by atoms with E-state index in [9.17, 15) is 4.79 Å². The number of hydrogen-bond donors (Lipinski definition) is 2. The first-order chi connectivity index (χ1) is 11.4. The molecule has 1 aliphatic heterocycles. The van der Waals surface area contributed by atoms with Gasteiger partial charge in [0.1, 0.15) is 0 Å². The van der Waals surface area contributed by atoms with Gasteiger partial charge in [-0.15, -0.1) is 0 Å². The monoisotopic (exact) mass is 350 g/mol. The predicted octanol–water partition coefficient (Wildman–Crippen LogP) is 3.25. The molecule has 2 N–H and O–H groups in total. The van der Waals surface area contributed by atoms with Crippen molar-refractivity contribution < 1.29 is 9.53 Å². The summed E-state index contributed by atoms with van der Waals surface area (Å²) < 4.78 is 5.19. The van der Waals surface area contributed by atoms with E-state index in [1.54, 1.807) is 11.8 Å². The number of carbonyl (C=O) groups is 1. The molecule has 0 fully saturated rings. The van der Waals surface area contributed by atoms with E-state index in [2.05, 4.69) is 34.4 Å². The zero-order chi connectivity index (χ0) is 17.7. The summed E-state index contributed by atoms with van der Waals surface area (Å²) in [5.74, 6) is 1.01. The van der Waals surface area contributed by atoms with Crippen LogP contribution in [0.4, 0.5) is 0 Å². The molecule has 2 heterocycles. The summed E-state index contributed by atoms with van der Waals surface area (Å²) >= 11 is 1.61. The number of hydrazone groups is 1. The summed E-state index contributed by atoms with van der Waals surface area (Å²) in [4.78, 5) is 20.0. The van der Waals surface area contributed by atoms with Gasteiger partial charge < -0.3 is 9.72 Å². The number of carbonyl (C=O) groups excluding carboxylic acids is 1.